The first-order valence-corrected chi connectivity index (χ1v) is 8.44. The Morgan fingerprint density at radius 2 is 1.96 bits per heavy atom. The van der Waals surface area contributed by atoms with E-state index in [1.807, 2.05) is 26.0 Å². The molecule has 1 aliphatic carbocycles. The maximum Gasteiger partial charge on any atom is 0.471 e. The average Bonchev–Trinajstić information content (AvgIpc) is 2.42. The summed E-state index contributed by atoms with van der Waals surface area (Å²) < 4.78 is 39.8. The largest absolute Gasteiger partial charge is 0.471 e. The Morgan fingerprint density at radius 1 is 1.30 bits per heavy atom. The van der Waals surface area contributed by atoms with Gasteiger partial charge in [-0.2, -0.15) is 13.2 Å². The Labute approximate surface area is 142 Å². The zero-order valence-electron chi connectivity index (χ0n) is 13.3. The number of likely N-dealkylation sites (tertiary alicyclic amines) is 1. The molecular formula is C17H19BrF3NO. The van der Waals surface area contributed by atoms with Crippen LogP contribution in [-0.2, 0) is 16.6 Å². The van der Waals surface area contributed by atoms with Crippen molar-refractivity contribution in [1.82, 2.24) is 4.90 Å². The zero-order valence-corrected chi connectivity index (χ0v) is 14.9. The van der Waals surface area contributed by atoms with Gasteiger partial charge in [-0.3, -0.25) is 4.79 Å². The van der Waals surface area contributed by atoms with E-state index in [0.717, 1.165) is 14.9 Å². The quantitative estimate of drug-likeness (QED) is 0.641. The molecule has 126 valence electrons. The highest BCUT2D eigenvalue weighted by atomic mass is 79.9. The van der Waals surface area contributed by atoms with Crippen LogP contribution in [0.1, 0.15) is 38.3 Å². The molecule has 1 aliphatic heterocycles. The molecule has 1 amide bonds. The number of carbonyl (C=O) groups excluding carboxylic acids is 1. The van der Waals surface area contributed by atoms with E-state index < -0.39 is 23.5 Å². The number of amides is 1. The molecule has 3 rings (SSSR count). The van der Waals surface area contributed by atoms with Crippen molar-refractivity contribution < 1.29 is 18.0 Å². The van der Waals surface area contributed by atoms with Gasteiger partial charge in [0.1, 0.15) is 0 Å². The van der Waals surface area contributed by atoms with Gasteiger partial charge in [-0.05, 0) is 41.5 Å². The molecule has 2 nitrogen and oxygen atoms in total. The Hall–Kier alpha value is -1.04. The van der Waals surface area contributed by atoms with Crippen molar-refractivity contribution in [2.75, 3.05) is 6.54 Å². The van der Waals surface area contributed by atoms with Gasteiger partial charge < -0.3 is 4.90 Å². The van der Waals surface area contributed by atoms with Gasteiger partial charge in [0.2, 0.25) is 0 Å². The van der Waals surface area contributed by atoms with E-state index in [2.05, 4.69) is 28.9 Å². The molecule has 0 spiro atoms. The Balaban J connectivity index is 2.11. The number of halogens is 4. The summed E-state index contributed by atoms with van der Waals surface area (Å²) in [6.45, 7) is 6.23. The van der Waals surface area contributed by atoms with E-state index in [0.29, 0.717) is 12.8 Å². The van der Waals surface area contributed by atoms with Crippen LogP contribution < -0.4 is 0 Å². The Kier molecular flexibility index (Phi) is 3.64. The molecular weight excluding hydrogens is 371 g/mol. The summed E-state index contributed by atoms with van der Waals surface area (Å²) >= 11 is 3.49. The number of piperidine rings is 1. The first-order chi connectivity index (χ1) is 10.5. The highest BCUT2D eigenvalue weighted by molar-refractivity contribution is 9.10. The monoisotopic (exact) mass is 389 g/mol. The third-order valence-electron chi connectivity index (χ3n) is 6.07. The molecule has 0 unspecified atom stereocenters. The fourth-order valence-electron chi connectivity index (χ4n) is 4.28. The van der Waals surface area contributed by atoms with Gasteiger partial charge in [0.05, 0.1) is 0 Å². The van der Waals surface area contributed by atoms with Gasteiger partial charge in [-0.1, -0.05) is 42.8 Å². The van der Waals surface area contributed by atoms with Crippen LogP contribution in [0.25, 0.3) is 0 Å². The molecule has 1 fully saturated rings. The number of benzene rings is 1. The molecule has 2 aliphatic rings. The lowest BCUT2D eigenvalue weighted by molar-refractivity contribution is -0.195. The number of carbonyl (C=O) groups is 1. The normalized spacial score (nSPS) is 29.2. The van der Waals surface area contributed by atoms with Gasteiger partial charge in [-0.15, -0.1) is 0 Å². The summed E-state index contributed by atoms with van der Waals surface area (Å²) in [7, 11) is 0. The van der Waals surface area contributed by atoms with Crippen LogP contribution in [-0.4, -0.2) is 29.6 Å². The van der Waals surface area contributed by atoms with Crippen molar-refractivity contribution in [2.24, 2.45) is 5.41 Å². The predicted molar refractivity (Wildman–Crippen MR) is 85.2 cm³/mol. The fourth-order valence-corrected chi connectivity index (χ4v) is 4.64. The lowest BCUT2D eigenvalue weighted by Crippen LogP contribution is -2.66. The minimum Gasteiger partial charge on any atom is -0.331 e. The molecule has 23 heavy (non-hydrogen) atoms. The summed E-state index contributed by atoms with van der Waals surface area (Å²) in [6.07, 6.45) is -3.82. The van der Waals surface area contributed by atoms with Crippen molar-refractivity contribution in [3.63, 3.8) is 0 Å². The van der Waals surface area contributed by atoms with Crippen molar-refractivity contribution in [2.45, 2.75) is 51.2 Å². The summed E-state index contributed by atoms with van der Waals surface area (Å²) in [6, 6.07) is 5.51. The van der Waals surface area contributed by atoms with Crippen molar-refractivity contribution >= 4 is 21.8 Å². The van der Waals surface area contributed by atoms with Crippen LogP contribution in [0.15, 0.2) is 22.7 Å². The highest BCUT2D eigenvalue weighted by Gasteiger charge is 2.59. The van der Waals surface area contributed by atoms with Gasteiger partial charge in [0, 0.05) is 22.5 Å². The van der Waals surface area contributed by atoms with Crippen LogP contribution >= 0.6 is 15.9 Å². The second-order valence-electron chi connectivity index (χ2n) is 7.32. The Bertz CT molecular complexity index is 670. The maximum atomic E-state index is 13.0. The molecule has 0 radical (unpaired) electrons. The lowest BCUT2D eigenvalue weighted by atomic mass is 9.51. The zero-order chi connectivity index (χ0) is 17.2. The molecule has 6 heteroatoms. The van der Waals surface area contributed by atoms with Crippen LogP contribution in [0.2, 0.25) is 0 Å². The summed E-state index contributed by atoms with van der Waals surface area (Å²) in [5.74, 6) is -1.71. The van der Waals surface area contributed by atoms with E-state index >= 15 is 0 Å². The predicted octanol–water partition coefficient (Wildman–Crippen LogP) is 4.45. The number of rotatable bonds is 0. The number of nitrogens with zero attached hydrogens (tertiary/aromatic N) is 1. The van der Waals surface area contributed by atoms with Crippen LogP contribution in [0.5, 0.6) is 0 Å². The van der Waals surface area contributed by atoms with Gasteiger partial charge in [0.25, 0.3) is 0 Å². The second kappa shape index (κ2) is 4.98. The van der Waals surface area contributed by atoms with Crippen molar-refractivity contribution in [3.05, 3.63) is 33.8 Å². The third-order valence-corrected chi connectivity index (χ3v) is 6.56. The summed E-state index contributed by atoms with van der Waals surface area (Å²) in [5, 5.41) is 0. The SMILES string of the molecule is CC1(C)[C@H]2Cc3ccc(Br)cc3[C@]1(C)CCN2C(=O)C(F)(F)F. The Morgan fingerprint density at radius 3 is 2.57 bits per heavy atom. The topological polar surface area (TPSA) is 20.3 Å². The number of hydrogen-bond donors (Lipinski definition) is 0. The van der Waals surface area contributed by atoms with E-state index in [9.17, 15) is 18.0 Å². The third kappa shape index (κ3) is 2.32. The molecule has 0 N–H and O–H groups in total. The van der Waals surface area contributed by atoms with Gasteiger partial charge in [0.15, 0.2) is 0 Å². The fraction of sp³-hybridized carbons (Fsp3) is 0.588. The van der Waals surface area contributed by atoms with E-state index in [1.54, 1.807) is 0 Å². The molecule has 2 bridgehead atoms. The minimum absolute atomic E-state index is 0.148. The van der Waals surface area contributed by atoms with Gasteiger partial charge in [-0.25, -0.2) is 0 Å². The van der Waals surface area contributed by atoms with Crippen LogP contribution in [0.4, 0.5) is 13.2 Å². The van der Waals surface area contributed by atoms with E-state index in [-0.39, 0.29) is 12.0 Å². The first kappa shape index (κ1) is 16.8. The number of hydrogen-bond acceptors (Lipinski definition) is 1. The summed E-state index contributed by atoms with van der Waals surface area (Å²) in [5.41, 5.74) is 1.55. The second-order valence-corrected chi connectivity index (χ2v) is 8.24. The number of alkyl halides is 3. The smallest absolute Gasteiger partial charge is 0.331 e. The average molecular weight is 390 g/mol. The van der Waals surface area contributed by atoms with Crippen LogP contribution in [0, 0.1) is 5.41 Å². The van der Waals surface area contributed by atoms with Crippen LogP contribution in [0.3, 0.4) is 0 Å². The minimum atomic E-state index is -4.82. The number of fused-ring (bicyclic) bond motifs is 4. The standard InChI is InChI=1S/C17H19BrF3NO/c1-15(2)13-8-10-4-5-11(18)9-12(10)16(15,3)6-7-22(13)14(23)17(19,20)21/h4-5,9,13H,6-8H2,1-3H3/t13-,16+/m1/s1. The van der Waals surface area contributed by atoms with Gasteiger partial charge >= 0.3 is 12.1 Å². The van der Waals surface area contributed by atoms with Crippen molar-refractivity contribution in [3.8, 4) is 0 Å². The first-order valence-electron chi connectivity index (χ1n) is 7.65. The maximum absolute atomic E-state index is 13.0. The van der Waals surface area contributed by atoms with E-state index in [4.69, 9.17) is 0 Å². The van der Waals surface area contributed by atoms with Crippen molar-refractivity contribution in [1.29, 1.82) is 0 Å². The molecule has 0 saturated carbocycles. The molecule has 2 atom stereocenters. The molecule has 0 aromatic heterocycles. The molecule has 1 aromatic carbocycles. The molecule has 1 saturated heterocycles. The highest BCUT2D eigenvalue weighted by Crippen LogP contribution is 2.56. The summed E-state index contributed by atoms with van der Waals surface area (Å²) in [4.78, 5) is 12.9. The molecule has 1 heterocycles. The lowest BCUT2D eigenvalue weighted by Gasteiger charge is -2.60. The molecule has 1 aromatic rings. The van der Waals surface area contributed by atoms with E-state index in [1.165, 1.54) is 5.56 Å².